The molecule has 7 nitrogen and oxygen atoms in total. The SMILES string of the molecule is CC.CCOC(=O)N1CC(C[C@H]2C(=O)NC2C(=O)O)C1. The number of nitrogens with one attached hydrogen (secondary N) is 1. The van der Waals surface area contributed by atoms with Gasteiger partial charge < -0.3 is 20.1 Å². The first-order chi connectivity index (χ1) is 9.52. The molecule has 2 atom stereocenters. The van der Waals surface area contributed by atoms with Gasteiger partial charge in [-0.1, -0.05) is 13.8 Å². The number of nitrogens with zero attached hydrogens (tertiary/aromatic N) is 1. The Morgan fingerprint density at radius 3 is 2.45 bits per heavy atom. The second-order valence-electron chi connectivity index (χ2n) is 4.64. The van der Waals surface area contributed by atoms with Crippen molar-refractivity contribution in [2.45, 2.75) is 33.2 Å². The maximum atomic E-state index is 11.3. The van der Waals surface area contributed by atoms with E-state index >= 15 is 0 Å². The monoisotopic (exact) mass is 286 g/mol. The number of β-lactam (4-membered cyclic amide) rings is 1. The number of aliphatic carboxylic acids is 1. The zero-order chi connectivity index (χ0) is 15.3. The Bertz CT molecular complexity index is 379. The summed E-state index contributed by atoms with van der Waals surface area (Å²) < 4.78 is 4.83. The predicted octanol–water partition coefficient (Wildman–Crippen LogP) is 0.690. The van der Waals surface area contributed by atoms with Crippen molar-refractivity contribution in [3.8, 4) is 0 Å². The normalized spacial score (nSPS) is 24.6. The van der Waals surface area contributed by atoms with Crippen LogP contribution < -0.4 is 5.32 Å². The topological polar surface area (TPSA) is 95.9 Å². The van der Waals surface area contributed by atoms with Crippen LogP contribution in [-0.2, 0) is 14.3 Å². The number of likely N-dealkylation sites (tertiary alicyclic amines) is 1. The molecule has 2 N–H and O–H groups in total. The van der Waals surface area contributed by atoms with Gasteiger partial charge >= 0.3 is 12.1 Å². The Morgan fingerprint density at radius 2 is 2.00 bits per heavy atom. The Hall–Kier alpha value is -1.79. The molecular weight excluding hydrogens is 264 g/mol. The van der Waals surface area contributed by atoms with Crippen LogP contribution in [0.1, 0.15) is 27.2 Å². The van der Waals surface area contributed by atoms with Gasteiger partial charge in [-0.15, -0.1) is 0 Å². The van der Waals surface area contributed by atoms with E-state index in [0.717, 1.165) is 0 Å². The van der Waals surface area contributed by atoms with Crippen molar-refractivity contribution in [1.29, 1.82) is 0 Å². The minimum Gasteiger partial charge on any atom is -0.480 e. The maximum Gasteiger partial charge on any atom is 0.409 e. The zero-order valence-electron chi connectivity index (χ0n) is 12.1. The lowest BCUT2D eigenvalue weighted by Crippen LogP contribution is -2.63. The maximum absolute atomic E-state index is 11.3. The van der Waals surface area contributed by atoms with E-state index in [1.165, 1.54) is 0 Å². The van der Waals surface area contributed by atoms with Crippen LogP contribution >= 0.6 is 0 Å². The molecule has 0 bridgehead atoms. The second-order valence-corrected chi connectivity index (χ2v) is 4.64. The molecule has 114 valence electrons. The molecule has 0 aromatic carbocycles. The lowest BCUT2D eigenvalue weighted by molar-refractivity contribution is -0.154. The molecule has 2 amide bonds. The van der Waals surface area contributed by atoms with Gasteiger partial charge in [0.2, 0.25) is 5.91 Å². The fourth-order valence-corrected chi connectivity index (χ4v) is 2.33. The minimum absolute atomic E-state index is 0.187. The molecule has 2 saturated heterocycles. The smallest absolute Gasteiger partial charge is 0.409 e. The summed E-state index contributed by atoms with van der Waals surface area (Å²) in [6.45, 7) is 7.15. The summed E-state index contributed by atoms with van der Waals surface area (Å²) in [5, 5.41) is 11.2. The average molecular weight is 286 g/mol. The fraction of sp³-hybridized carbons (Fsp3) is 0.769. The van der Waals surface area contributed by atoms with Gasteiger partial charge in [-0.25, -0.2) is 9.59 Å². The molecule has 0 spiro atoms. The molecule has 2 rings (SSSR count). The van der Waals surface area contributed by atoms with Crippen molar-refractivity contribution in [2.24, 2.45) is 11.8 Å². The van der Waals surface area contributed by atoms with Crippen molar-refractivity contribution in [3.05, 3.63) is 0 Å². The van der Waals surface area contributed by atoms with Crippen LogP contribution in [0.5, 0.6) is 0 Å². The molecular formula is C13H22N2O5. The van der Waals surface area contributed by atoms with Crippen molar-refractivity contribution in [1.82, 2.24) is 10.2 Å². The van der Waals surface area contributed by atoms with Crippen molar-refractivity contribution in [3.63, 3.8) is 0 Å². The zero-order valence-corrected chi connectivity index (χ0v) is 12.1. The van der Waals surface area contributed by atoms with Crippen molar-refractivity contribution in [2.75, 3.05) is 19.7 Å². The van der Waals surface area contributed by atoms with Gasteiger partial charge in [-0.3, -0.25) is 4.79 Å². The molecule has 20 heavy (non-hydrogen) atoms. The van der Waals surface area contributed by atoms with E-state index in [9.17, 15) is 14.4 Å². The van der Waals surface area contributed by atoms with E-state index in [4.69, 9.17) is 9.84 Å². The van der Waals surface area contributed by atoms with Crippen LogP contribution in [0.15, 0.2) is 0 Å². The number of rotatable bonds is 4. The molecule has 2 aliphatic rings. The summed E-state index contributed by atoms with van der Waals surface area (Å²) in [5.74, 6) is -1.48. The standard InChI is InChI=1S/C11H16N2O5.C2H6/c1-2-18-11(17)13-4-6(5-13)3-7-8(10(15)16)12-9(7)14;1-2/h6-8H,2-5H2,1H3,(H,12,14)(H,15,16);1-2H3/t7-,8?;/m1./s1. The van der Waals surface area contributed by atoms with Crippen molar-refractivity contribution >= 4 is 18.0 Å². The molecule has 1 unspecified atom stereocenters. The van der Waals surface area contributed by atoms with Crippen LogP contribution in [0.25, 0.3) is 0 Å². The van der Waals surface area contributed by atoms with E-state index in [1.54, 1.807) is 11.8 Å². The molecule has 2 fully saturated rings. The summed E-state index contributed by atoms with van der Waals surface area (Å²) in [7, 11) is 0. The first-order valence-electron chi connectivity index (χ1n) is 6.97. The van der Waals surface area contributed by atoms with Gasteiger partial charge in [-0.05, 0) is 19.3 Å². The average Bonchev–Trinajstić information content (AvgIpc) is 2.36. The summed E-state index contributed by atoms with van der Waals surface area (Å²) in [4.78, 5) is 34.9. The number of carboxylic acids is 1. The quantitative estimate of drug-likeness (QED) is 0.741. The third-order valence-corrected chi connectivity index (χ3v) is 3.37. The van der Waals surface area contributed by atoms with Crippen LogP contribution in [0.2, 0.25) is 0 Å². The lowest BCUT2D eigenvalue weighted by atomic mass is 9.80. The first-order valence-corrected chi connectivity index (χ1v) is 6.97. The Kier molecular flexibility index (Phi) is 5.79. The highest BCUT2D eigenvalue weighted by molar-refractivity contribution is 5.96. The Labute approximate surface area is 118 Å². The van der Waals surface area contributed by atoms with Gasteiger partial charge in [0.1, 0.15) is 6.04 Å². The molecule has 0 radical (unpaired) electrons. The highest BCUT2D eigenvalue weighted by Gasteiger charge is 2.47. The fourth-order valence-electron chi connectivity index (χ4n) is 2.33. The molecule has 2 heterocycles. The lowest BCUT2D eigenvalue weighted by Gasteiger charge is -2.42. The number of ether oxygens (including phenoxy) is 1. The van der Waals surface area contributed by atoms with Gasteiger partial charge in [0.15, 0.2) is 0 Å². The molecule has 0 aliphatic carbocycles. The van der Waals surface area contributed by atoms with Crippen LogP contribution in [0, 0.1) is 11.8 Å². The molecule has 0 aromatic heterocycles. The van der Waals surface area contributed by atoms with E-state index < -0.39 is 17.9 Å². The summed E-state index contributed by atoms with van der Waals surface area (Å²) in [5.41, 5.74) is 0. The van der Waals surface area contributed by atoms with Crippen LogP contribution in [-0.4, -0.2) is 53.7 Å². The van der Waals surface area contributed by atoms with E-state index in [0.29, 0.717) is 26.1 Å². The number of hydrogen-bond acceptors (Lipinski definition) is 4. The summed E-state index contributed by atoms with van der Waals surface area (Å²) >= 11 is 0. The van der Waals surface area contributed by atoms with Crippen molar-refractivity contribution < 1.29 is 24.2 Å². The predicted molar refractivity (Wildman–Crippen MR) is 71.1 cm³/mol. The minimum atomic E-state index is -0.999. The van der Waals surface area contributed by atoms with Gasteiger partial charge in [0.05, 0.1) is 12.5 Å². The Morgan fingerprint density at radius 1 is 1.40 bits per heavy atom. The molecule has 0 aromatic rings. The summed E-state index contributed by atoms with van der Waals surface area (Å²) in [6.07, 6.45) is 0.167. The number of carbonyl (C=O) groups excluding carboxylic acids is 2. The van der Waals surface area contributed by atoms with E-state index in [2.05, 4.69) is 5.32 Å². The van der Waals surface area contributed by atoms with E-state index in [-0.39, 0.29) is 17.9 Å². The van der Waals surface area contributed by atoms with Gasteiger partial charge in [0, 0.05) is 13.1 Å². The van der Waals surface area contributed by atoms with Crippen LogP contribution in [0.3, 0.4) is 0 Å². The van der Waals surface area contributed by atoms with Gasteiger partial charge in [-0.2, -0.15) is 0 Å². The highest BCUT2D eigenvalue weighted by Crippen LogP contribution is 2.29. The third kappa shape index (κ3) is 3.40. The molecule has 0 saturated carbocycles. The Balaban J connectivity index is 0.000000956. The number of hydrogen-bond donors (Lipinski definition) is 2. The number of amides is 2. The first kappa shape index (κ1) is 16.3. The van der Waals surface area contributed by atoms with Gasteiger partial charge in [0.25, 0.3) is 0 Å². The summed E-state index contributed by atoms with van der Waals surface area (Å²) in [6, 6.07) is -0.769. The van der Waals surface area contributed by atoms with E-state index in [1.807, 2.05) is 13.8 Å². The number of carboxylic acid groups (broad SMARTS) is 1. The second kappa shape index (κ2) is 7.12. The largest absolute Gasteiger partial charge is 0.480 e. The number of carbonyl (C=O) groups is 3. The highest BCUT2D eigenvalue weighted by atomic mass is 16.6. The third-order valence-electron chi connectivity index (χ3n) is 3.37. The molecule has 2 aliphatic heterocycles. The molecule has 7 heteroatoms. The van der Waals surface area contributed by atoms with Crippen LogP contribution in [0.4, 0.5) is 4.79 Å².